The molecule has 11 atom stereocenters. The predicted molar refractivity (Wildman–Crippen MR) is 209 cm³/mol. The Kier molecular flexibility index (Phi) is 10.7. The largest absolute Gasteiger partial charge is 0.478 e. The van der Waals surface area contributed by atoms with Gasteiger partial charge in [-0.15, -0.1) is 0 Å². The van der Waals surface area contributed by atoms with Crippen LogP contribution >= 0.6 is 0 Å². The molecule has 10 nitrogen and oxygen atoms in total. The van der Waals surface area contributed by atoms with Crippen LogP contribution < -0.4 is 11.5 Å². The third-order valence-electron chi connectivity index (χ3n) is 15.4. The van der Waals surface area contributed by atoms with Crippen molar-refractivity contribution in [2.45, 2.75) is 111 Å². The van der Waals surface area contributed by atoms with Crippen LogP contribution in [0, 0.1) is 57.2 Å². The highest BCUT2D eigenvalue weighted by Crippen LogP contribution is 2.75. The van der Waals surface area contributed by atoms with Gasteiger partial charge in [-0.05, 0) is 78.9 Å². The first-order valence-electron chi connectivity index (χ1n) is 19.9. The Morgan fingerprint density at radius 3 is 2.31 bits per heavy atom. The van der Waals surface area contributed by atoms with E-state index in [1.807, 2.05) is 63.3 Å². The lowest BCUT2D eigenvalue weighted by Crippen LogP contribution is -2.64. The number of carboxylic acid groups (broad SMARTS) is 1. The first kappa shape index (κ1) is 40.1. The topological polar surface area (TPSA) is 197 Å². The molecular weight excluding hydrogens is 682 g/mol. The van der Waals surface area contributed by atoms with Crippen molar-refractivity contribution < 1.29 is 34.8 Å². The highest BCUT2D eigenvalue weighted by molar-refractivity contribution is 6.01. The second-order valence-electron chi connectivity index (χ2n) is 18.2. The smallest absolute Gasteiger partial charge is 0.331 e. The molecule has 0 amide bonds. The minimum Gasteiger partial charge on any atom is -0.478 e. The third-order valence-corrected chi connectivity index (χ3v) is 15.4. The van der Waals surface area contributed by atoms with Crippen molar-refractivity contribution in [1.82, 2.24) is 0 Å². The molecule has 3 fully saturated rings. The van der Waals surface area contributed by atoms with Crippen LogP contribution in [0.5, 0.6) is 0 Å². The van der Waals surface area contributed by atoms with Crippen LogP contribution in [0.25, 0.3) is 6.08 Å². The summed E-state index contributed by atoms with van der Waals surface area (Å²) in [7, 11) is 0. The van der Waals surface area contributed by atoms with Gasteiger partial charge < -0.3 is 31.9 Å². The number of hydrogen-bond donors (Lipinski definition) is 6. The normalized spacial score (nSPS) is 37.1. The Bertz CT molecular complexity index is 1770. The number of hydrogen-bond acceptors (Lipinski definition) is 7. The molecule has 1 aromatic carbocycles. The zero-order chi connectivity index (χ0) is 39.5. The number of aliphatic hydroxyl groups excluding tert-OH is 3. The molecule has 0 heterocycles. The van der Waals surface area contributed by atoms with Crippen LogP contribution in [0.15, 0.2) is 64.2 Å². The first-order chi connectivity index (χ1) is 25.3. The number of aliphatic imine (C=N–C) groups is 1. The number of fused-ring (bicyclic) bond motifs is 4. The maximum absolute atomic E-state index is 15.3. The van der Waals surface area contributed by atoms with Crippen LogP contribution in [0.4, 0.5) is 0 Å². The zero-order valence-corrected chi connectivity index (χ0v) is 32.8. The molecule has 0 unspecified atom stereocenters. The van der Waals surface area contributed by atoms with Crippen molar-refractivity contribution in [3.8, 4) is 0 Å². The summed E-state index contributed by atoms with van der Waals surface area (Å²) >= 11 is 0. The van der Waals surface area contributed by atoms with Gasteiger partial charge in [-0.25, -0.2) is 4.79 Å². The van der Waals surface area contributed by atoms with E-state index in [-0.39, 0.29) is 59.7 Å². The SMILES string of the molecule is CC(=C[C@@H](O)[C@@H](CN=C(N)N)[C@@H](C)[C@@H]1C[C@H](O)[C@]2(C)C3=C(C(=O)C[C@]12C1CCCC1)[C@@]1(C)CCC(=O)C(C)(C)[C@@H]1[C@@H](C=Cc1ccccc1)[C@H]3O)C(=O)O. The maximum atomic E-state index is 15.3. The molecule has 6 rings (SSSR count). The number of aliphatic carboxylic acids is 1. The molecule has 1 aromatic rings. The molecule has 0 radical (unpaired) electrons. The Labute approximate surface area is 319 Å². The van der Waals surface area contributed by atoms with E-state index in [0.717, 1.165) is 31.2 Å². The monoisotopic (exact) mass is 743 g/mol. The molecular formula is C44H61N3O7. The molecule has 0 bridgehead atoms. The minimum absolute atomic E-state index is 0.00884. The van der Waals surface area contributed by atoms with E-state index in [1.54, 1.807) is 0 Å². The van der Waals surface area contributed by atoms with E-state index >= 15 is 4.79 Å². The average molecular weight is 744 g/mol. The van der Waals surface area contributed by atoms with E-state index in [4.69, 9.17) is 11.5 Å². The van der Waals surface area contributed by atoms with E-state index in [0.29, 0.717) is 30.4 Å². The fraction of sp³-hybridized carbons (Fsp3) is 0.636. The molecule has 3 saturated carbocycles. The lowest BCUT2D eigenvalue weighted by molar-refractivity contribution is -0.155. The van der Waals surface area contributed by atoms with Crippen molar-refractivity contribution in [2.75, 3.05) is 6.54 Å². The second kappa shape index (κ2) is 14.5. The first-order valence-corrected chi connectivity index (χ1v) is 19.9. The fourth-order valence-electron chi connectivity index (χ4n) is 12.9. The average Bonchev–Trinajstić information content (AvgIpc) is 3.73. The number of nitrogens with zero attached hydrogens (tertiary/aromatic N) is 1. The fourth-order valence-corrected chi connectivity index (χ4v) is 12.9. The maximum Gasteiger partial charge on any atom is 0.331 e. The molecule has 0 aliphatic heterocycles. The number of nitrogens with two attached hydrogens (primary N) is 2. The minimum atomic E-state index is -1.22. The van der Waals surface area contributed by atoms with Gasteiger partial charge in [0.25, 0.3) is 0 Å². The number of guanidine groups is 1. The van der Waals surface area contributed by atoms with E-state index in [1.165, 1.54) is 13.0 Å². The molecule has 10 heteroatoms. The summed E-state index contributed by atoms with van der Waals surface area (Å²) in [6, 6.07) is 9.86. The number of benzene rings is 1. The van der Waals surface area contributed by atoms with Gasteiger partial charge in [-0.3, -0.25) is 14.6 Å². The summed E-state index contributed by atoms with van der Waals surface area (Å²) in [6.45, 7) is 11.6. The number of rotatable bonds is 10. The van der Waals surface area contributed by atoms with Gasteiger partial charge in [0.1, 0.15) is 5.78 Å². The number of ketones is 2. The number of carboxylic acids is 1. The lowest BCUT2D eigenvalue weighted by Gasteiger charge is -2.65. The molecule has 5 aliphatic carbocycles. The van der Waals surface area contributed by atoms with E-state index in [9.17, 15) is 30.0 Å². The van der Waals surface area contributed by atoms with Crippen LogP contribution in [-0.2, 0) is 14.4 Å². The van der Waals surface area contributed by atoms with Gasteiger partial charge in [0.15, 0.2) is 11.7 Å². The van der Waals surface area contributed by atoms with Crippen molar-refractivity contribution in [3.05, 3.63) is 64.8 Å². The Hall–Kier alpha value is -3.60. The van der Waals surface area contributed by atoms with Gasteiger partial charge in [0, 0.05) is 58.6 Å². The summed E-state index contributed by atoms with van der Waals surface area (Å²) in [5.41, 5.74) is 10.4. The molecule has 0 saturated heterocycles. The molecule has 294 valence electrons. The zero-order valence-electron chi connectivity index (χ0n) is 32.8. The summed E-state index contributed by atoms with van der Waals surface area (Å²) in [5, 5.41) is 47.0. The van der Waals surface area contributed by atoms with Crippen LogP contribution in [0.3, 0.4) is 0 Å². The number of Topliss-reactive ketones (excluding diaryl/α,β-unsaturated/α-hetero) is 2. The van der Waals surface area contributed by atoms with Crippen molar-refractivity contribution in [3.63, 3.8) is 0 Å². The van der Waals surface area contributed by atoms with Crippen LogP contribution in [0.1, 0.15) is 98.5 Å². The second-order valence-corrected chi connectivity index (χ2v) is 18.2. The highest BCUT2D eigenvalue weighted by Gasteiger charge is 2.74. The van der Waals surface area contributed by atoms with Gasteiger partial charge in [-0.2, -0.15) is 0 Å². The van der Waals surface area contributed by atoms with Gasteiger partial charge in [0.2, 0.25) is 0 Å². The molecule has 54 heavy (non-hydrogen) atoms. The Morgan fingerprint density at radius 2 is 1.70 bits per heavy atom. The van der Waals surface area contributed by atoms with E-state index in [2.05, 4.69) is 18.8 Å². The lowest BCUT2D eigenvalue weighted by atomic mass is 9.38. The number of aliphatic hydroxyl groups is 3. The van der Waals surface area contributed by atoms with Gasteiger partial charge in [-0.1, -0.05) is 89.9 Å². The number of carbonyl (C=O) groups excluding carboxylic acids is 2. The summed E-state index contributed by atoms with van der Waals surface area (Å²) in [4.78, 5) is 45.2. The van der Waals surface area contributed by atoms with Crippen molar-refractivity contribution >= 4 is 29.6 Å². The standard InChI is InChI=1S/C44H61N3O7/c1-24(39(53)54)20-31(48)29(23-47-40(45)46)25(2)30-21-34(51)43(6)36-35(32(49)22-44(30,43)27-14-10-11-15-27)42(5)19-18-33(50)41(3,4)38(42)28(37(36)52)17-16-26-12-8-7-9-13-26/h7-9,12-13,16-17,20,25,27-31,34,37-38,48,51-52H,10-11,14-15,18-19,21-23H2,1-6H3,(H,53,54)(H4,45,46,47)/t25-,28+,29+,30+,31-,34+,37-,38+,42-,43-,44+/m1/s1. The molecule has 5 aliphatic rings. The van der Waals surface area contributed by atoms with Gasteiger partial charge >= 0.3 is 5.97 Å². The Balaban J connectivity index is 1.57. The third kappa shape index (κ3) is 6.11. The summed E-state index contributed by atoms with van der Waals surface area (Å²) in [5.74, 6) is -3.30. The van der Waals surface area contributed by atoms with Crippen molar-refractivity contribution in [2.24, 2.45) is 73.6 Å². The summed E-state index contributed by atoms with van der Waals surface area (Å²) in [6.07, 6.45) is 7.13. The molecule has 0 spiro atoms. The Morgan fingerprint density at radius 1 is 1.06 bits per heavy atom. The quantitative estimate of drug-likeness (QED) is 0.103. The predicted octanol–water partition coefficient (Wildman–Crippen LogP) is 5.45. The summed E-state index contributed by atoms with van der Waals surface area (Å²) < 4.78 is 0. The van der Waals surface area contributed by atoms with E-state index < -0.39 is 57.8 Å². The number of allylic oxidation sites excluding steroid dienone is 1. The highest BCUT2D eigenvalue weighted by atomic mass is 16.4. The number of carbonyl (C=O) groups is 3. The van der Waals surface area contributed by atoms with Crippen molar-refractivity contribution in [1.29, 1.82) is 0 Å². The molecule has 0 aromatic heterocycles. The van der Waals surface area contributed by atoms with Gasteiger partial charge in [0.05, 0.1) is 18.3 Å². The molecule has 8 N–H and O–H groups in total. The van der Waals surface area contributed by atoms with Crippen LogP contribution in [-0.4, -0.2) is 68.8 Å². The van der Waals surface area contributed by atoms with Crippen LogP contribution in [0.2, 0.25) is 0 Å².